The first-order valence-corrected chi connectivity index (χ1v) is 5.54. The maximum Gasteiger partial charge on any atom is 0.326 e. The number of hydrogen-bond acceptors (Lipinski definition) is 3. The smallest absolute Gasteiger partial charge is 0.326 e. The molecule has 1 heterocycles. The van der Waals surface area contributed by atoms with E-state index in [1.165, 1.54) is 10.9 Å². The lowest BCUT2D eigenvalue weighted by molar-refractivity contribution is 0.115. The molecule has 1 amide bonds. The van der Waals surface area contributed by atoms with Gasteiger partial charge in [-0.1, -0.05) is 13.8 Å². The van der Waals surface area contributed by atoms with Gasteiger partial charge in [0.25, 0.3) is 0 Å². The standard InChI is InChI=1S/C11H19N3O2/c1-3-11(4-2,8-15)7-13-10(16)14-6-5-12-9-14/h5-6,9,15H,3-4,7-8H2,1-2H3,(H,13,16). The van der Waals surface area contributed by atoms with Crippen LogP contribution in [0.1, 0.15) is 26.7 Å². The summed E-state index contributed by atoms with van der Waals surface area (Å²) in [6.07, 6.45) is 6.27. The first-order valence-electron chi connectivity index (χ1n) is 5.54. The Morgan fingerprint density at radius 3 is 2.62 bits per heavy atom. The zero-order valence-corrected chi connectivity index (χ0v) is 9.81. The summed E-state index contributed by atoms with van der Waals surface area (Å²) in [5.74, 6) is 0. The highest BCUT2D eigenvalue weighted by atomic mass is 16.3. The molecule has 2 N–H and O–H groups in total. The number of imidazole rings is 1. The number of carbonyl (C=O) groups is 1. The van der Waals surface area contributed by atoms with Crippen LogP contribution in [-0.2, 0) is 0 Å². The van der Waals surface area contributed by atoms with Crippen molar-refractivity contribution < 1.29 is 9.90 Å². The Balaban J connectivity index is 2.53. The molecule has 0 aromatic carbocycles. The molecular formula is C11H19N3O2. The summed E-state index contributed by atoms with van der Waals surface area (Å²) in [6, 6.07) is -0.211. The zero-order valence-electron chi connectivity index (χ0n) is 9.81. The first kappa shape index (κ1) is 12.7. The maximum absolute atomic E-state index is 11.6. The number of aromatic nitrogens is 2. The predicted molar refractivity (Wildman–Crippen MR) is 61.1 cm³/mol. The highest BCUT2D eigenvalue weighted by Crippen LogP contribution is 2.24. The van der Waals surface area contributed by atoms with Gasteiger partial charge in [-0.25, -0.2) is 9.78 Å². The summed E-state index contributed by atoms with van der Waals surface area (Å²) in [6.45, 7) is 4.60. The summed E-state index contributed by atoms with van der Waals surface area (Å²) in [5, 5.41) is 12.2. The van der Waals surface area contributed by atoms with E-state index in [0.717, 1.165) is 12.8 Å². The number of hydrogen-bond donors (Lipinski definition) is 2. The normalized spacial score (nSPS) is 11.4. The number of carbonyl (C=O) groups excluding carboxylic acids is 1. The molecule has 0 aliphatic heterocycles. The average Bonchev–Trinajstić information content (AvgIpc) is 2.85. The molecule has 1 aromatic rings. The Hall–Kier alpha value is -1.36. The summed E-state index contributed by atoms with van der Waals surface area (Å²) in [7, 11) is 0. The van der Waals surface area contributed by atoms with Gasteiger partial charge in [-0.05, 0) is 12.8 Å². The van der Waals surface area contributed by atoms with Crippen LogP contribution in [0.4, 0.5) is 4.79 Å². The monoisotopic (exact) mass is 225 g/mol. The summed E-state index contributed by atoms with van der Waals surface area (Å²) < 4.78 is 1.38. The molecule has 0 spiro atoms. The van der Waals surface area contributed by atoms with Crippen molar-refractivity contribution in [2.75, 3.05) is 13.2 Å². The van der Waals surface area contributed by atoms with Crippen molar-refractivity contribution in [1.29, 1.82) is 0 Å². The van der Waals surface area contributed by atoms with Gasteiger partial charge in [0.05, 0.1) is 6.61 Å². The van der Waals surface area contributed by atoms with E-state index in [1.54, 1.807) is 12.4 Å². The second-order valence-electron chi connectivity index (χ2n) is 3.99. The van der Waals surface area contributed by atoms with Gasteiger partial charge < -0.3 is 10.4 Å². The van der Waals surface area contributed by atoms with Crippen LogP contribution in [0.3, 0.4) is 0 Å². The van der Waals surface area contributed by atoms with E-state index in [2.05, 4.69) is 10.3 Å². The molecule has 0 bridgehead atoms. The highest BCUT2D eigenvalue weighted by molar-refractivity contribution is 5.76. The maximum atomic E-state index is 11.6. The molecule has 90 valence electrons. The average molecular weight is 225 g/mol. The Bertz CT molecular complexity index is 310. The molecular weight excluding hydrogens is 206 g/mol. The molecule has 0 aliphatic rings. The van der Waals surface area contributed by atoms with Crippen molar-refractivity contribution in [3.8, 4) is 0 Å². The molecule has 0 aliphatic carbocycles. The third kappa shape index (κ3) is 2.82. The van der Waals surface area contributed by atoms with E-state index in [9.17, 15) is 9.90 Å². The van der Waals surface area contributed by atoms with Gasteiger partial charge in [0.2, 0.25) is 0 Å². The third-order valence-electron chi connectivity index (χ3n) is 3.19. The topological polar surface area (TPSA) is 67.2 Å². The highest BCUT2D eigenvalue weighted by Gasteiger charge is 2.25. The minimum absolute atomic E-state index is 0.0875. The number of rotatable bonds is 5. The van der Waals surface area contributed by atoms with E-state index < -0.39 is 0 Å². The van der Waals surface area contributed by atoms with Crippen molar-refractivity contribution in [3.63, 3.8) is 0 Å². The van der Waals surface area contributed by atoms with Gasteiger partial charge in [-0.15, -0.1) is 0 Å². The van der Waals surface area contributed by atoms with Crippen LogP contribution in [0.5, 0.6) is 0 Å². The van der Waals surface area contributed by atoms with Crippen LogP contribution in [0, 0.1) is 5.41 Å². The SMILES string of the molecule is CCC(CC)(CO)CNC(=O)n1ccnc1. The molecule has 0 saturated carbocycles. The van der Waals surface area contributed by atoms with Crippen molar-refractivity contribution in [2.45, 2.75) is 26.7 Å². The molecule has 16 heavy (non-hydrogen) atoms. The van der Waals surface area contributed by atoms with Crippen LogP contribution >= 0.6 is 0 Å². The van der Waals surface area contributed by atoms with Crippen LogP contribution in [0.25, 0.3) is 0 Å². The molecule has 0 atom stereocenters. The van der Waals surface area contributed by atoms with Crippen molar-refractivity contribution in [3.05, 3.63) is 18.7 Å². The molecule has 5 heteroatoms. The zero-order chi connectivity index (χ0) is 12.0. The second-order valence-corrected chi connectivity index (χ2v) is 3.99. The minimum atomic E-state index is -0.212. The number of nitrogens with zero attached hydrogens (tertiary/aromatic N) is 2. The molecule has 1 aromatic heterocycles. The van der Waals surface area contributed by atoms with Crippen molar-refractivity contribution in [2.24, 2.45) is 5.41 Å². The molecule has 5 nitrogen and oxygen atoms in total. The lowest BCUT2D eigenvalue weighted by atomic mass is 9.83. The Kier molecular flexibility index (Phi) is 4.49. The fraction of sp³-hybridized carbons (Fsp3) is 0.636. The number of aliphatic hydroxyl groups excluding tert-OH is 1. The molecule has 0 fully saturated rings. The van der Waals surface area contributed by atoms with Gasteiger partial charge in [-0.3, -0.25) is 4.57 Å². The first-order chi connectivity index (χ1) is 7.67. The van der Waals surface area contributed by atoms with Crippen molar-refractivity contribution in [1.82, 2.24) is 14.9 Å². The molecule has 0 unspecified atom stereocenters. The predicted octanol–water partition coefficient (Wildman–Crippen LogP) is 1.24. The molecule has 0 radical (unpaired) electrons. The van der Waals surface area contributed by atoms with Gasteiger partial charge >= 0.3 is 6.03 Å². The lowest BCUT2D eigenvalue weighted by Crippen LogP contribution is -2.40. The fourth-order valence-corrected chi connectivity index (χ4v) is 1.51. The van der Waals surface area contributed by atoms with Gasteiger partial charge in [0, 0.05) is 24.4 Å². The fourth-order valence-electron chi connectivity index (χ4n) is 1.51. The van der Waals surface area contributed by atoms with Gasteiger partial charge in [0.1, 0.15) is 6.33 Å². The quantitative estimate of drug-likeness (QED) is 0.792. The summed E-state index contributed by atoms with van der Waals surface area (Å²) in [4.78, 5) is 15.4. The van der Waals surface area contributed by atoms with E-state index >= 15 is 0 Å². The summed E-state index contributed by atoms with van der Waals surface area (Å²) in [5.41, 5.74) is -0.212. The number of amides is 1. The largest absolute Gasteiger partial charge is 0.396 e. The van der Waals surface area contributed by atoms with Crippen LogP contribution in [-0.4, -0.2) is 33.8 Å². The molecule has 0 saturated heterocycles. The van der Waals surface area contributed by atoms with Crippen LogP contribution < -0.4 is 5.32 Å². The number of aliphatic hydroxyl groups is 1. The van der Waals surface area contributed by atoms with E-state index in [-0.39, 0.29) is 18.1 Å². The van der Waals surface area contributed by atoms with Gasteiger partial charge in [0.15, 0.2) is 0 Å². The van der Waals surface area contributed by atoms with E-state index in [0.29, 0.717) is 6.54 Å². The number of nitrogens with one attached hydrogen (secondary N) is 1. The Labute approximate surface area is 95.5 Å². The third-order valence-corrected chi connectivity index (χ3v) is 3.19. The van der Waals surface area contributed by atoms with E-state index in [4.69, 9.17) is 0 Å². The minimum Gasteiger partial charge on any atom is -0.396 e. The van der Waals surface area contributed by atoms with Crippen molar-refractivity contribution >= 4 is 6.03 Å². The van der Waals surface area contributed by atoms with Gasteiger partial charge in [-0.2, -0.15) is 0 Å². The van der Waals surface area contributed by atoms with Crippen LogP contribution in [0.15, 0.2) is 18.7 Å². The Morgan fingerprint density at radius 2 is 2.19 bits per heavy atom. The summed E-state index contributed by atoms with van der Waals surface area (Å²) >= 11 is 0. The lowest BCUT2D eigenvalue weighted by Gasteiger charge is -2.29. The Morgan fingerprint density at radius 1 is 1.50 bits per heavy atom. The second kappa shape index (κ2) is 5.65. The van der Waals surface area contributed by atoms with E-state index in [1.807, 2.05) is 13.8 Å². The van der Waals surface area contributed by atoms with Crippen LogP contribution in [0.2, 0.25) is 0 Å². The molecule has 1 rings (SSSR count).